The number of nitrogens with two attached hydrogens (primary N) is 1. The Kier molecular flexibility index (Phi) is 5.58. The Morgan fingerprint density at radius 2 is 1.59 bits per heavy atom. The van der Waals surface area contributed by atoms with Gasteiger partial charge in [-0.25, -0.2) is 0 Å². The van der Waals surface area contributed by atoms with Gasteiger partial charge in [0.1, 0.15) is 12.3 Å². The number of hydrogen-bond acceptors (Lipinski definition) is 1. The smallest absolute Gasteiger partial charge is 0.158 e. The van der Waals surface area contributed by atoms with E-state index in [4.69, 9.17) is 16.0 Å². The summed E-state index contributed by atoms with van der Waals surface area (Å²) in [4.78, 5) is 0. The van der Waals surface area contributed by atoms with Gasteiger partial charge in [-0.15, -0.1) is 0 Å². The van der Waals surface area contributed by atoms with E-state index in [-0.39, 0.29) is 0 Å². The highest BCUT2D eigenvalue weighted by atomic mass is 35.5. The van der Waals surface area contributed by atoms with Crippen LogP contribution in [0.3, 0.4) is 0 Å². The lowest BCUT2D eigenvalue weighted by Crippen LogP contribution is -2.88. The molecule has 0 spiro atoms. The SMILES string of the molecule is Clc1ccc(-c2ccc(C[NH2+]C3CCCCCCC3)o2)cc1. The predicted octanol–water partition coefficient (Wildman–Crippen LogP) is 4.78. The van der Waals surface area contributed by atoms with Crippen molar-refractivity contribution in [2.45, 2.75) is 57.5 Å². The maximum absolute atomic E-state index is 5.98. The van der Waals surface area contributed by atoms with Gasteiger partial charge in [0.2, 0.25) is 0 Å². The minimum atomic E-state index is 0.758. The van der Waals surface area contributed by atoms with E-state index >= 15 is 0 Å². The molecule has 118 valence electrons. The van der Waals surface area contributed by atoms with E-state index in [0.29, 0.717) is 0 Å². The van der Waals surface area contributed by atoms with Crippen LogP contribution in [-0.4, -0.2) is 6.04 Å². The van der Waals surface area contributed by atoms with Crippen LogP contribution in [0, 0.1) is 0 Å². The van der Waals surface area contributed by atoms with Crippen molar-refractivity contribution in [3.05, 3.63) is 47.2 Å². The summed E-state index contributed by atoms with van der Waals surface area (Å²) in [5.41, 5.74) is 1.08. The van der Waals surface area contributed by atoms with Crippen molar-refractivity contribution in [2.75, 3.05) is 0 Å². The number of benzene rings is 1. The van der Waals surface area contributed by atoms with E-state index in [9.17, 15) is 0 Å². The molecule has 3 rings (SSSR count). The van der Waals surface area contributed by atoms with Crippen LogP contribution in [0.4, 0.5) is 0 Å². The lowest BCUT2D eigenvalue weighted by Gasteiger charge is -2.17. The van der Waals surface area contributed by atoms with Gasteiger partial charge in [-0.2, -0.15) is 0 Å². The van der Waals surface area contributed by atoms with E-state index < -0.39 is 0 Å². The molecular formula is C19H25ClNO+. The maximum Gasteiger partial charge on any atom is 0.158 e. The average molecular weight is 319 g/mol. The van der Waals surface area contributed by atoms with Crippen molar-refractivity contribution in [1.82, 2.24) is 0 Å². The molecule has 1 aromatic carbocycles. The van der Waals surface area contributed by atoms with Crippen LogP contribution in [0.5, 0.6) is 0 Å². The van der Waals surface area contributed by atoms with Gasteiger partial charge in [-0.3, -0.25) is 0 Å². The van der Waals surface area contributed by atoms with E-state index in [1.54, 1.807) is 0 Å². The zero-order valence-electron chi connectivity index (χ0n) is 13.1. The lowest BCUT2D eigenvalue weighted by atomic mass is 9.97. The Hall–Kier alpha value is -1.25. The van der Waals surface area contributed by atoms with Crippen LogP contribution in [0.15, 0.2) is 40.8 Å². The van der Waals surface area contributed by atoms with Crippen LogP contribution in [0.1, 0.15) is 50.7 Å². The van der Waals surface area contributed by atoms with Gasteiger partial charge in [-0.1, -0.05) is 30.9 Å². The monoisotopic (exact) mass is 318 g/mol. The molecular weight excluding hydrogens is 294 g/mol. The lowest BCUT2D eigenvalue weighted by molar-refractivity contribution is -0.707. The Morgan fingerprint density at radius 1 is 0.909 bits per heavy atom. The normalized spacial score (nSPS) is 17.1. The molecule has 2 N–H and O–H groups in total. The first-order chi connectivity index (χ1) is 10.8. The van der Waals surface area contributed by atoms with E-state index in [0.717, 1.165) is 34.7 Å². The number of halogens is 1. The zero-order valence-corrected chi connectivity index (χ0v) is 13.8. The Labute approximate surface area is 137 Å². The third-order valence-electron chi connectivity index (χ3n) is 4.59. The molecule has 1 heterocycles. The molecule has 1 aliphatic carbocycles. The standard InChI is InChI=1S/C19H24ClNO/c20-16-10-8-15(9-11-16)19-13-12-18(22-19)14-21-17-6-4-2-1-3-5-7-17/h8-13,17,21H,1-7,14H2/p+1. The van der Waals surface area contributed by atoms with E-state index in [2.05, 4.69) is 17.4 Å². The topological polar surface area (TPSA) is 29.8 Å². The quantitative estimate of drug-likeness (QED) is 0.864. The van der Waals surface area contributed by atoms with Gasteiger partial charge < -0.3 is 9.73 Å². The number of rotatable bonds is 4. The van der Waals surface area contributed by atoms with Crippen LogP contribution < -0.4 is 5.32 Å². The zero-order chi connectivity index (χ0) is 15.2. The molecule has 0 aliphatic heterocycles. The minimum absolute atomic E-state index is 0.758. The van der Waals surface area contributed by atoms with Crippen molar-refractivity contribution < 1.29 is 9.73 Å². The number of hydrogen-bond donors (Lipinski definition) is 1. The van der Waals surface area contributed by atoms with Gasteiger partial charge in [-0.05, 0) is 62.1 Å². The van der Waals surface area contributed by atoms with Crippen molar-refractivity contribution in [1.29, 1.82) is 0 Å². The van der Waals surface area contributed by atoms with Crippen LogP contribution in [0.2, 0.25) is 5.02 Å². The van der Waals surface area contributed by atoms with Crippen LogP contribution in [-0.2, 0) is 6.54 Å². The molecule has 1 aliphatic rings. The fraction of sp³-hybridized carbons (Fsp3) is 0.474. The van der Waals surface area contributed by atoms with Gasteiger partial charge >= 0.3 is 0 Å². The molecule has 0 unspecified atom stereocenters. The van der Waals surface area contributed by atoms with Gasteiger partial charge in [0.25, 0.3) is 0 Å². The largest absolute Gasteiger partial charge is 0.455 e. The fourth-order valence-electron chi connectivity index (χ4n) is 3.26. The van der Waals surface area contributed by atoms with Crippen LogP contribution in [0.25, 0.3) is 11.3 Å². The molecule has 2 nitrogen and oxygen atoms in total. The highest BCUT2D eigenvalue weighted by Gasteiger charge is 2.15. The Morgan fingerprint density at radius 3 is 2.32 bits per heavy atom. The van der Waals surface area contributed by atoms with E-state index in [1.807, 2.05) is 24.3 Å². The molecule has 1 saturated carbocycles. The van der Waals surface area contributed by atoms with Gasteiger partial charge in [0, 0.05) is 10.6 Å². The average Bonchev–Trinajstić information content (AvgIpc) is 2.96. The molecule has 1 fully saturated rings. The summed E-state index contributed by atoms with van der Waals surface area (Å²) in [6, 6.07) is 12.7. The fourth-order valence-corrected chi connectivity index (χ4v) is 3.39. The van der Waals surface area contributed by atoms with Gasteiger partial charge in [0.15, 0.2) is 5.76 Å². The number of quaternary nitrogens is 1. The molecule has 0 bridgehead atoms. The maximum atomic E-state index is 5.98. The van der Waals surface area contributed by atoms with Crippen molar-refractivity contribution in [3.63, 3.8) is 0 Å². The third-order valence-corrected chi connectivity index (χ3v) is 4.84. The highest BCUT2D eigenvalue weighted by Crippen LogP contribution is 2.23. The first-order valence-corrected chi connectivity index (χ1v) is 8.87. The second-order valence-corrected chi connectivity index (χ2v) is 6.75. The summed E-state index contributed by atoms with van der Waals surface area (Å²) in [6.45, 7) is 0.943. The van der Waals surface area contributed by atoms with Crippen LogP contribution >= 0.6 is 11.6 Å². The minimum Gasteiger partial charge on any atom is -0.455 e. The molecule has 0 atom stereocenters. The molecule has 22 heavy (non-hydrogen) atoms. The summed E-state index contributed by atoms with van der Waals surface area (Å²) >= 11 is 5.93. The predicted molar refractivity (Wildman–Crippen MR) is 90.9 cm³/mol. The second kappa shape index (κ2) is 7.85. The molecule has 3 heteroatoms. The Bertz CT molecular complexity index is 567. The molecule has 2 aromatic rings. The summed E-state index contributed by atoms with van der Waals surface area (Å²) < 4.78 is 5.98. The van der Waals surface area contributed by atoms with Crippen molar-refractivity contribution in [3.8, 4) is 11.3 Å². The first-order valence-electron chi connectivity index (χ1n) is 8.49. The van der Waals surface area contributed by atoms with Crippen molar-refractivity contribution in [2.24, 2.45) is 0 Å². The van der Waals surface area contributed by atoms with E-state index in [1.165, 1.54) is 44.9 Å². The summed E-state index contributed by atoms with van der Waals surface area (Å²) in [5.74, 6) is 1.99. The highest BCUT2D eigenvalue weighted by molar-refractivity contribution is 6.30. The summed E-state index contributed by atoms with van der Waals surface area (Å²) in [5, 5.41) is 3.23. The first kappa shape index (κ1) is 15.6. The molecule has 0 saturated heterocycles. The molecule has 0 amide bonds. The molecule has 1 aromatic heterocycles. The van der Waals surface area contributed by atoms with Gasteiger partial charge in [0.05, 0.1) is 6.04 Å². The number of furan rings is 1. The molecule has 0 radical (unpaired) electrons. The Balaban J connectivity index is 1.56. The summed E-state index contributed by atoms with van der Waals surface area (Å²) in [7, 11) is 0. The van der Waals surface area contributed by atoms with Crippen molar-refractivity contribution >= 4 is 11.6 Å². The second-order valence-electron chi connectivity index (χ2n) is 6.32. The summed E-state index contributed by atoms with van der Waals surface area (Å²) in [6.07, 6.45) is 9.72. The third kappa shape index (κ3) is 4.37.